The van der Waals surface area contributed by atoms with Crippen molar-refractivity contribution in [3.63, 3.8) is 0 Å². The van der Waals surface area contributed by atoms with Crippen molar-refractivity contribution in [2.24, 2.45) is 0 Å². The maximum Gasteiger partial charge on any atom is 0.234 e. The summed E-state index contributed by atoms with van der Waals surface area (Å²) in [4.78, 5) is 33.8. The van der Waals surface area contributed by atoms with E-state index in [1.165, 1.54) is 0 Å². The molecule has 0 radical (unpaired) electrons. The van der Waals surface area contributed by atoms with Crippen LogP contribution in [0.15, 0.2) is 79.5 Å². The van der Waals surface area contributed by atoms with Crippen LogP contribution in [0.5, 0.6) is 0 Å². The summed E-state index contributed by atoms with van der Waals surface area (Å²) in [5.74, 6) is 1.42. The number of carbonyl (C=O) groups is 1. The summed E-state index contributed by atoms with van der Waals surface area (Å²) >= 11 is 0. The van der Waals surface area contributed by atoms with Crippen LogP contribution in [0.1, 0.15) is 25.0 Å². The van der Waals surface area contributed by atoms with Crippen LogP contribution in [0.2, 0.25) is 0 Å². The lowest BCUT2D eigenvalue weighted by molar-refractivity contribution is -0.119. The molecule has 0 saturated heterocycles. The van der Waals surface area contributed by atoms with Gasteiger partial charge in [-0.25, -0.2) is 19.9 Å². The zero-order valence-corrected chi connectivity index (χ0v) is 22.2. The van der Waals surface area contributed by atoms with Crippen molar-refractivity contribution in [2.75, 3.05) is 16.0 Å². The predicted molar refractivity (Wildman–Crippen MR) is 158 cm³/mol. The van der Waals surface area contributed by atoms with E-state index in [9.17, 15) is 4.79 Å². The van der Waals surface area contributed by atoms with Gasteiger partial charge in [-0.15, -0.1) is 0 Å². The second kappa shape index (κ2) is 8.88. The number of aromatic amines is 1. The summed E-state index contributed by atoms with van der Waals surface area (Å²) in [7, 11) is 0. The summed E-state index contributed by atoms with van der Waals surface area (Å²) in [5, 5.41) is 12.9. The maximum atomic E-state index is 12.4. The fourth-order valence-electron chi connectivity index (χ4n) is 5.34. The Morgan fingerprint density at radius 3 is 2.60 bits per heavy atom. The second-order valence-electron chi connectivity index (χ2n) is 10.5. The molecule has 7 rings (SSSR count). The van der Waals surface area contributed by atoms with E-state index < -0.39 is 5.41 Å². The number of carbonyl (C=O) groups excluding carboxylic acids is 1. The highest BCUT2D eigenvalue weighted by atomic mass is 16.2. The minimum Gasteiger partial charge on any atom is -0.346 e. The fourth-order valence-corrected chi connectivity index (χ4v) is 5.34. The first-order valence-corrected chi connectivity index (χ1v) is 13.0. The Morgan fingerprint density at radius 1 is 0.825 bits per heavy atom. The highest BCUT2D eigenvalue weighted by molar-refractivity contribution is 6.07. The molecule has 0 fully saturated rings. The molecule has 9 nitrogen and oxygen atoms in total. The molecule has 0 spiro atoms. The van der Waals surface area contributed by atoms with Gasteiger partial charge in [0, 0.05) is 51.7 Å². The van der Waals surface area contributed by atoms with E-state index in [2.05, 4.69) is 59.9 Å². The van der Waals surface area contributed by atoms with E-state index in [1.807, 2.05) is 62.5 Å². The molecule has 2 aromatic carbocycles. The Labute approximate surface area is 230 Å². The summed E-state index contributed by atoms with van der Waals surface area (Å²) in [6.45, 7) is 5.93. The van der Waals surface area contributed by atoms with Gasteiger partial charge in [0.1, 0.15) is 23.6 Å². The third-order valence-electron chi connectivity index (χ3n) is 7.59. The molecule has 9 heteroatoms. The van der Waals surface area contributed by atoms with Crippen molar-refractivity contribution in [1.82, 2.24) is 24.9 Å². The molecule has 4 aromatic heterocycles. The second-order valence-corrected chi connectivity index (χ2v) is 10.5. The molecule has 0 unspecified atom stereocenters. The van der Waals surface area contributed by atoms with Gasteiger partial charge in [-0.2, -0.15) is 0 Å². The molecule has 40 heavy (non-hydrogen) atoms. The van der Waals surface area contributed by atoms with Crippen LogP contribution in [-0.4, -0.2) is 30.8 Å². The van der Waals surface area contributed by atoms with Gasteiger partial charge >= 0.3 is 0 Å². The van der Waals surface area contributed by atoms with Crippen LogP contribution in [0, 0.1) is 6.92 Å². The van der Waals surface area contributed by atoms with Crippen molar-refractivity contribution >= 4 is 56.4 Å². The quantitative estimate of drug-likeness (QED) is 0.200. The molecule has 196 valence electrons. The standard InChI is InChI=1S/C31H26N8O/c1-17-6-8-20-19(10-13-34-28(20)37-18-7-9-23-24(15-18)38-30(40)31(23,2)3)25(17)39-29-21(5-4-12-32-29)26-22-11-14-33-27(22)36-16-35-26/h4-16H,1-3H3,(H,32,39)(H,34,37)(H,38,40)(H,33,35,36). The van der Waals surface area contributed by atoms with Crippen LogP contribution >= 0.6 is 0 Å². The first-order chi connectivity index (χ1) is 19.4. The highest BCUT2D eigenvalue weighted by Gasteiger charge is 2.38. The molecule has 1 aliphatic rings. The SMILES string of the molecule is Cc1ccc2c(Nc3ccc4c(c3)NC(=O)C4(C)C)nccc2c1Nc1ncccc1-c1ncnc2[nH]ccc12. The highest BCUT2D eigenvalue weighted by Crippen LogP contribution is 2.40. The number of amides is 1. The van der Waals surface area contributed by atoms with E-state index in [-0.39, 0.29) is 5.91 Å². The molecule has 0 bridgehead atoms. The van der Waals surface area contributed by atoms with Crippen LogP contribution in [0.3, 0.4) is 0 Å². The smallest absolute Gasteiger partial charge is 0.234 e. The summed E-state index contributed by atoms with van der Waals surface area (Å²) in [6, 6.07) is 18.0. The molecule has 5 heterocycles. The molecule has 0 saturated carbocycles. The maximum absolute atomic E-state index is 12.4. The molecule has 0 atom stereocenters. The van der Waals surface area contributed by atoms with Gasteiger partial charge in [0.05, 0.1) is 16.8 Å². The molecule has 1 amide bonds. The van der Waals surface area contributed by atoms with Gasteiger partial charge in [0.2, 0.25) is 5.91 Å². The van der Waals surface area contributed by atoms with Crippen molar-refractivity contribution in [2.45, 2.75) is 26.2 Å². The largest absolute Gasteiger partial charge is 0.346 e. The Kier molecular flexibility index (Phi) is 5.28. The first kappa shape index (κ1) is 23.8. The van der Waals surface area contributed by atoms with Crippen molar-refractivity contribution < 1.29 is 4.79 Å². The van der Waals surface area contributed by atoms with Crippen molar-refractivity contribution in [1.29, 1.82) is 0 Å². The first-order valence-electron chi connectivity index (χ1n) is 13.0. The fraction of sp³-hybridized carbons (Fsp3) is 0.129. The van der Waals surface area contributed by atoms with Gasteiger partial charge in [-0.3, -0.25) is 4.79 Å². The van der Waals surface area contributed by atoms with E-state index >= 15 is 0 Å². The van der Waals surface area contributed by atoms with Crippen LogP contribution in [0.4, 0.5) is 28.7 Å². The number of pyridine rings is 2. The van der Waals surface area contributed by atoms with Gasteiger partial charge in [0.15, 0.2) is 0 Å². The van der Waals surface area contributed by atoms with Gasteiger partial charge in [-0.05, 0) is 68.3 Å². The predicted octanol–water partition coefficient (Wildman–Crippen LogP) is 6.59. The average Bonchev–Trinajstić information content (AvgIpc) is 3.52. The lowest BCUT2D eigenvalue weighted by atomic mass is 9.86. The number of nitrogens with zero attached hydrogens (tertiary/aromatic N) is 4. The third kappa shape index (κ3) is 3.74. The normalized spacial score (nSPS) is 13.8. The number of fused-ring (bicyclic) bond motifs is 3. The number of aromatic nitrogens is 5. The summed E-state index contributed by atoms with van der Waals surface area (Å²) < 4.78 is 0. The van der Waals surface area contributed by atoms with Gasteiger partial charge in [0.25, 0.3) is 0 Å². The number of aryl methyl sites for hydroxylation is 1. The van der Waals surface area contributed by atoms with Crippen LogP contribution in [0.25, 0.3) is 33.1 Å². The summed E-state index contributed by atoms with van der Waals surface area (Å²) in [5.41, 5.74) is 6.56. The molecule has 1 aliphatic heterocycles. The number of H-pyrrole nitrogens is 1. The van der Waals surface area contributed by atoms with Gasteiger partial charge < -0.3 is 20.9 Å². The van der Waals surface area contributed by atoms with E-state index in [0.29, 0.717) is 5.82 Å². The lowest BCUT2D eigenvalue weighted by Crippen LogP contribution is -2.26. The van der Waals surface area contributed by atoms with E-state index in [0.717, 1.165) is 67.1 Å². The number of nitrogens with one attached hydrogen (secondary N) is 4. The number of rotatable bonds is 5. The van der Waals surface area contributed by atoms with Crippen molar-refractivity contribution in [3.05, 3.63) is 90.6 Å². The van der Waals surface area contributed by atoms with E-state index in [1.54, 1.807) is 18.7 Å². The Balaban J connectivity index is 1.28. The van der Waals surface area contributed by atoms with E-state index in [4.69, 9.17) is 0 Å². The minimum atomic E-state index is -0.549. The Morgan fingerprint density at radius 2 is 1.70 bits per heavy atom. The molecule has 4 N–H and O–H groups in total. The number of hydrogen-bond donors (Lipinski definition) is 4. The van der Waals surface area contributed by atoms with Gasteiger partial charge in [-0.1, -0.05) is 18.2 Å². The Bertz CT molecular complexity index is 1960. The van der Waals surface area contributed by atoms with Crippen LogP contribution < -0.4 is 16.0 Å². The average molecular weight is 527 g/mol. The number of hydrogen-bond acceptors (Lipinski definition) is 7. The zero-order chi connectivity index (χ0) is 27.4. The number of anilines is 5. The number of benzene rings is 2. The lowest BCUT2D eigenvalue weighted by Gasteiger charge is -2.17. The Hall–Kier alpha value is -5.31. The molecular formula is C31H26N8O. The molecule has 6 aromatic rings. The third-order valence-corrected chi connectivity index (χ3v) is 7.59. The summed E-state index contributed by atoms with van der Waals surface area (Å²) in [6.07, 6.45) is 6.98. The van der Waals surface area contributed by atoms with Crippen LogP contribution in [-0.2, 0) is 10.2 Å². The monoisotopic (exact) mass is 526 g/mol. The topological polar surface area (TPSA) is 121 Å². The van der Waals surface area contributed by atoms with Crippen molar-refractivity contribution in [3.8, 4) is 11.3 Å². The molecular weight excluding hydrogens is 500 g/mol. The minimum absolute atomic E-state index is 0.00206. The zero-order valence-electron chi connectivity index (χ0n) is 22.2. The molecule has 0 aliphatic carbocycles.